The summed E-state index contributed by atoms with van der Waals surface area (Å²) in [6, 6.07) is 0. The molecule has 0 bridgehead atoms. The van der Waals surface area contributed by atoms with Crippen LogP contribution in [0, 0.1) is 23.7 Å². The van der Waals surface area contributed by atoms with Crippen molar-refractivity contribution >= 4 is 0 Å². The van der Waals surface area contributed by atoms with Crippen molar-refractivity contribution in [3.8, 4) is 12.3 Å². The maximum absolute atomic E-state index is 5.84. The van der Waals surface area contributed by atoms with Crippen molar-refractivity contribution in [2.24, 2.45) is 17.1 Å². The van der Waals surface area contributed by atoms with Crippen molar-refractivity contribution in [1.29, 1.82) is 0 Å². The Morgan fingerprint density at radius 2 is 2.00 bits per heavy atom. The third kappa shape index (κ3) is 7.73. The second kappa shape index (κ2) is 7.70. The van der Waals surface area contributed by atoms with E-state index in [0.717, 1.165) is 39.0 Å². The second-order valence-corrected chi connectivity index (χ2v) is 5.81. The van der Waals surface area contributed by atoms with Crippen LogP contribution in [0.2, 0.25) is 0 Å². The van der Waals surface area contributed by atoms with E-state index in [1.165, 1.54) is 0 Å². The van der Waals surface area contributed by atoms with E-state index >= 15 is 0 Å². The number of hydrogen-bond acceptors (Lipinski definition) is 2. The summed E-state index contributed by atoms with van der Waals surface area (Å²) in [6.07, 6.45) is 7.69. The zero-order valence-electron chi connectivity index (χ0n) is 11.4. The van der Waals surface area contributed by atoms with Gasteiger partial charge in [0, 0.05) is 6.54 Å². The molecule has 0 radical (unpaired) electrons. The predicted molar refractivity (Wildman–Crippen MR) is 72.2 cm³/mol. The van der Waals surface area contributed by atoms with Crippen LogP contribution in [0.4, 0.5) is 0 Å². The molecule has 0 saturated heterocycles. The monoisotopic (exact) mass is 224 g/mol. The lowest BCUT2D eigenvalue weighted by Gasteiger charge is -2.29. The van der Waals surface area contributed by atoms with Crippen molar-refractivity contribution in [1.82, 2.24) is 4.90 Å². The van der Waals surface area contributed by atoms with Gasteiger partial charge in [0.25, 0.3) is 0 Å². The molecule has 0 aliphatic carbocycles. The van der Waals surface area contributed by atoms with Gasteiger partial charge in [0.15, 0.2) is 0 Å². The Kier molecular flexibility index (Phi) is 7.45. The molecule has 0 heterocycles. The summed E-state index contributed by atoms with van der Waals surface area (Å²) in [5.41, 5.74) is 6.19. The molecule has 0 aliphatic rings. The van der Waals surface area contributed by atoms with E-state index in [0.29, 0.717) is 11.3 Å². The van der Waals surface area contributed by atoms with Gasteiger partial charge in [-0.2, -0.15) is 0 Å². The molecule has 2 nitrogen and oxygen atoms in total. The van der Waals surface area contributed by atoms with Gasteiger partial charge in [-0.05, 0) is 37.3 Å². The lowest BCUT2D eigenvalue weighted by molar-refractivity contribution is 0.209. The van der Waals surface area contributed by atoms with Crippen LogP contribution in [-0.2, 0) is 0 Å². The van der Waals surface area contributed by atoms with Gasteiger partial charge < -0.3 is 5.73 Å². The molecular formula is C14H28N2. The molecule has 0 aliphatic heterocycles. The van der Waals surface area contributed by atoms with Crippen LogP contribution in [0.15, 0.2) is 0 Å². The van der Waals surface area contributed by atoms with Crippen molar-refractivity contribution in [2.75, 3.05) is 26.2 Å². The van der Waals surface area contributed by atoms with Gasteiger partial charge in [0.05, 0.1) is 6.54 Å². The Morgan fingerprint density at radius 3 is 2.38 bits per heavy atom. The van der Waals surface area contributed by atoms with Crippen molar-refractivity contribution in [3.63, 3.8) is 0 Å². The van der Waals surface area contributed by atoms with Crippen LogP contribution in [0.5, 0.6) is 0 Å². The number of nitrogens with zero attached hydrogens (tertiary/aromatic N) is 1. The van der Waals surface area contributed by atoms with E-state index in [1.54, 1.807) is 0 Å². The van der Waals surface area contributed by atoms with Gasteiger partial charge in [-0.15, -0.1) is 6.42 Å². The molecule has 0 saturated carbocycles. The molecule has 0 aromatic heterocycles. The first kappa shape index (κ1) is 15.5. The number of hydrogen-bond donors (Lipinski definition) is 1. The van der Waals surface area contributed by atoms with Crippen LogP contribution in [0.3, 0.4) is 0 Å². The highest BCUT2D eigenvalue weighted by molar-refractivity contribution is 4.89. The van der Waals surface area contributed by atoms with Crippen LogP contribution in [-0.4, -0.2) is 31.1 Å². The minimum absolute atomic E-state index is 0.345. The summed E-state index contributed by atoms with van der Waals surface area (Å²) >= 11 is 0. The van der Waals surface area contributed by atoms with E-state index in [1.807, 2.05) is 0 Å². The predicted octanol–water partition coefficient (Wildman–Crippen LogP) is 2.34. The highest BCUT2D eigenvalue weighted by atomic mass is 15.1. The van der Waals surface area contributed by atoms with E-state index in [-0.39, 0.29) is 0 Å². The van der Waals surface area contributed by atoms with E-state index in [4.69, 9.17) is 12.2 Å². The largest absolute Gasteiger partial charge is 0.330 e. The molecule has 0 aromatic carbocycles. The molecule has 0 amide bonds. The van der Waals surface area contributed by atoms with Crippen LogP contribution >= 0.6 is 0 Å². The van der Waals surface area contributed by atoms with Gasteiger partial charge in [0.2, 0.25) is 0 Å². The second-order valence-electron chi connectivity index (χ2n) is 5.81. The zero-order valence-corrected chi connectivity index (χ0v) is 11.4. The minimum atomic E-state index is 0.345. The van der Waals surface area contributed by atoms with Gasteiger partial charge in [-0.3, -0.25) is 4.90 Å². The summed E-state index contributed by atoms with van der Waals surface area (Å²) in [5.74, 6) is 3.29. The molecule has 0 spiro atoms. The molecule has 0 aromatic rings. The Labute approximate surface area is 102 Å². The lowest BCUT2D eigenvalue weighted by atomic mass is 9.84. The smallest absolute Gasteiger partial charge is 0.0599 e. The van der Waals surface area contributed by atoms with E-state index in [9.17, 15) is 0 Å². The summed E-state index contributed by atoms with van der Waals surface area (Å²) < 4.78 is 0. The van der Waals surface area contributed by atoms with E-state index < -0.39 is 0 Å². The minimum Gasteiger partial charge on any atom is -0.330 e. The van der Waals surface area contributed by atoms with Gasteiger partial charge in [-0.25, -0.2) is 0 Å². The van der Waals surface area contributed by atoms with Crippen LogP contribution in [0.25, 0.3) is 0 Å². The molecular weight excluding hydrogens is 196 g/mol. The van der Waals surface area contributed by atoms with Gasteiger partial charge >= 0.3 is 0 Å². The van der Waals surface area contributed by atoms with Gasteiger partial charge in [-0.1, -0.05) is 33.6 Å². The van der Waals surface area contributed by atoms with Crippen LogP contribution < -0.4 is 5.73 Å². The number of nitrogens with two attached hydrogens (primary N) is 1. The Hall–Kier alpha value is -0.520. The molecule has 1 atom stereocenters. The lowest BCUT2D eigenvalue weighted by Crippen LogP contribution is -2.35. The maximum Gasteiger partial charge on any atom is 0.0599 e. The fraction of sp³-hybridized carbons (Fsp3) is 0.857. The topological polar surface area (TPSA) is 29.3 Å². The molecule has 0 rings (SSSR count). The zero-order chi connectivity index (χ0) is 12.6. The van der Waals surface area contributed by atoms with Gasteiger partial charge in [0.1, 0.15) is 0 Å². The quantitative estimate of drug-likeness (QED) is 0.673. The number of terminal acetylenes is 1. The molecule has 2 heteroatoms. The maximum atomic E-state index is 5.84. The normalized spacial score (nSPS) is 13.8. The summed E-state index contributed by atoms with van der Waals surface area (Å²) in [6.45, 7) is 12.6. The fourth-order valence-electron chi connectivity index (χ4n) is 2.13. The third-order valence-corrected chi connectivity index (χ3v) is 2.61. The summed E-state index contributed by atoms with van der Waals surface area (Å²) in [7, 11) is 0. The highest BCUT2D eigenvalue weighted by Gasteiger charge is 2.19. The molecule has 2 N–H and O–H groups in total. The van der Waals surface area contributed by atoms with Crippen molar-refractivity contribution in [3.05, 3.63) is 0 Å². The van der Waals surface area contributed by atoms with E-state index in [2.05, 4.69) is 38.5 Å². The van der Waals surface area contributed by atoms with Crippen LogP contribution in [0.1, 0.15) is 40.5 Å². The summed E-state index contributed by atoms with van der Waals surface area (Å²) in [4.78, 5) is 2.34. The SMILES string of the molecule is C#CCN(CCC)CC(CN)CC(C)(C)C. The molecule has 1 unspecified atom stereocenters. The Balaban J connectivity index is 4.21. The number of rotatable bonds is 7. The Morgan fingerprint density at radius 1 is 1.38 bits per heavy atom. The van der Waals surface area contributed by atoms with Crippen molar-refractivity contribution < 1.29 is 0 Å². The van der Waals surface area contributed by atoms with Crippen molar-refractivity contribution in [2.45, 2.75) is 40.5 Å². The average molecular weight is 224 g/mol. The summed E-state index contributed by atoms with van der Waals surface area (Å²) in [5, 5.41) is 0. The first-order valence-electron chi connectivity index (χ1n) is 6.28. The standard InChI is InChI=1S/C14H28N2/c1-6-8-16(9-7-2)12-13(11-15)10-14(3,4)5/h1,13H,7-12,15H2,2-5H3. The molecule has 94 valence electrons. The first-order valence-corrected chi connectivity index (χ1v) is 6.28. The highest BCUT2D eigenvalue weighted by Crippen LogP contribution is 2.24. The molecule has 16 heavy (non-hydrogen) atoms. The molecule has 0 fully saturated rings. The fourth-order valence-corrected chi connectivity index (χ4v) is 2.13. The third-order valence-electron chi connectivity index (χ3n) is 2.61. The average Bonchev–Trinajstić information content (AvgIpc) is 2.15. The Bertz CT molecular complexity index is 210. The first-order chi connectivity index (χ1) is 7.42.